The lowest BCUT2D eigenvalue weighted by molar-refractivity contribution is -0.128. The van der Waals surface area contributed by atoms with Gasteiger partial charge in [-0.3, -0.25) is 9.59 Å². The van der Waals surface area contributed by atoms with Gasteiger partial charge in [0.1, 0.15) is 10.7 Å². The summed E-state index contributed by atoms with van der Waals surface area (Å²) in [5.74, 6) is 1.04. The van der Waals surface area contributed by atoms with Gasteiger partial charge in [0.2, 0.25) is 11.8 Å². The molecule has 8 rings (SSSR count). The van der Waals surface area contributed by atoms with Crippen molar-refractivity contribution in [2.45, 2.75) is 17.2 Å². The second kappa shape index (κ2) is 13.8. The SMILES string of the molecule is O=C1CS[C@@H](c2cn(-c3ccccc3)nc2-c2ccccc2)N1CCCN1C(=O)CS[C@H]1c1cn(-c2ccccc2)nc1-c1ccccc1. The second-order valence-corrected chi connectivity index (χ2v) is 14.1. The molecule has 2 atom stereocenters. The molecular formula is C39H34N6O2S2. The number of benzene rings is 4. The first kappa shape index (κ1) is 31.2. The Morgan fingerprint density at radius 2 is 0.898 bits per heavy atom. The Bertz CT molecular complexity index is 1920. The first-order valence-electron chi connectivity index (χ1n) is 16.4. The van der Waals surface area contributed by atoms with Crippen molar-refractivity contribution in [2.75, 3.05) is 24.6 Å². The first-order chi connectivity index (χ1) is 24.1. The fourth-order valence-electron chi connectivity index (χ4n) is 6.52. The molecule has 4 aromatic carbocycles. The molecule has 0 saturated carbocycles. The van der Waals surface area contributed by atoms with Crippen LogP contribution in [0.2, 0.25) is 0 Å². The van der Waals surface area contributed by atoms with E-state index in [0.717, 1.165) is 45.0 Å². The maximum atomic E-state index is 13.4. The van der Waals surface area contributed by atoms with E-state index in [1.165, 1.54) is 0 Å². The highest BCUT2D eigenvalue weighted by Gasteiger charge is 2.38. The molecule has 2 aliphatic rings. The monoisotopic (exact) mass is 682 g/mol. The Morgan fingerprint density at radius 1 is 0.531 bits per heavy atom. The van der Waals surface area contributed by atoms with Crippen LogP contribution < -0.4 is 0 Å². The summed E-state index contributed by atoms with van der Waals surface area (Å²) in [6.45, 7) is 1.08. The Morgan fingerprint density at radius 3 is 1.29 bits per heavy atom. The first-order valence-corrected chi connectivity index (χ1v) is 18.5. The van der Waals surface area contributed by atoms with Crippen molar-refractivity contribution in [1.29, 1.82) is 0 Å². The lowest BCUT2D eigenvalue weighted by Gasteiger charge is -2.27. The van der Waals surface area contributed by atoms with Crippen molar-refractivity contribution in [3.05, 3.63) is 145 Å². The molecule has 244 valence electrons. The molecule has 0 unspecified atom stereocenters. The van der Waals surface area contributed by atoms with Crippen LogP contribution in [-0.4, -0.2) is 65.8 Å². The van der Waals surface area contributed by atoms with Crippen LogP contribution in [-0.2, 0) is 9.59 Å². The normalized spacial score (nSPS) is 17.7. The van der Waals surface area contributed by atoms with Crippen molar-refractivity contribution in [3.8, 4) is 33.9 Å². The van der Waals surface area contributed by atoms with Crippen LogP contribution in [0.1, 0.15) is 28.3 Å². The van der Waals surface area contributed by atoms with E-state index in [-0.39, 0.29) is 22.6 Å². The van der Waals surface area contributed by atoms with Gasteiger partial charge in [0, 0.05) is 47.7 Å². The number of thioether (sulfide) groups is 2. The van der Waals surface area contributed by atoms with E-state index >= 15 is 0 Å². The van der Waals surface area contributed by atoms with Gasteiger partial charge in [0.05, 0.1) is 34.3 Å². The average molecular weight is 683 g/mol. The number of hydrogen-bond acceptors (Lipinski definition) is 6. The van der Waals surface area contributed by atoms with Crippen molar-refractivity contribution in [2.24, 2.45) is 0 Å². The fraction of sp³-hybridized carbons (Fsp3) is 0.179. The minimum Gasteiger partial charge on any atom is -0.326 e. The predicted octanol–water partition coefficient (Wildman–Crippen LogP) is 7.63. The molecule has 4 heterocycles. The summed E-state index contributed by atoms with van der Waals surface area (Å²) in [5.41, 5.74) is 7.73. The van der Waals surface area contributed by atoms with E-state index in [2.05, 4.69) is 36.7 Å². The van der Waals surface area contributed by atoms with Gasteiger partial charge in [-0.1, -0.05) is 97.1 Å². The maximum absolute atomic E-state index is 13.4. The quantitative estimate of drug-likeness (QED) is 0.148. The van der Waals surface area contributed by atoms with E-state index in [9.17, 15) is 9.59 Å². The molecule has 0 N–H and O–H groups in total. The molecule has 6 aromatic rings. The summed E-state index contributed by atoms with van der Waals surface area (Å²) >= 11 is 3.27. The van der Waals surface area contributed by atoms with Crippen LogP contribution in [0.3, 0.4) is 0 Å². The third-order valence-electron chi connectivity index (χ3n) is 8.89. The molecular weight excluding hydrogens is 649 g/mol. The number of aromatic nitrogens is 4. The van der Waals surface area contributed by atoms with Gasteiger partial charge in [-0.2, -0.15) is 10.2 Å². The molecule has 8 nitrogen and oxygen atoms in total. The zero-order valence-corrected chi connectivity index (χ0v) is 28.3. The summed E-state index contributed by atoms with van der Waals surface area (Å²) < 4.78 is 3.81. The molecule has 10 heteroatoms. The Hall–Kier alpha value is -5.06. The van der Waals surface area contributed by atoms with Crippen LogP contribution >= 0.6 is 23.5 Å². The maximum Gasteiger partial charge on any atom is 0.233 e. The fourth-order valence-corrected chi connectivity index (χ4v) is 8.96. The summed E-state index contributed by atoms with van der Waals surface area (Å²) in [4.78, 5) is 30.7. The molecule has 0 spiro atoms. The second-order valence-electron chi connectivity index (χ2n) is 12.0. The van der Waals surface area contributed by atoms with Gasteiger partial charge in [-0.25, -0.2) is 9.36 Å². The van der Waals surface area contributed by atoms with E-state index in [1.54, 1.807) is 23.5 Å². The number of rotatable bonds is 10. The molecule has 2 aliphatic heterocycles. The lowest BCUT2D eigenvalue weighted by Crippen LogP contribution is -2.34. The standard InChI is InChI=1S/C39H34N6O2S2/c46-34-26-48-38(32-24-44(30-18-9-3-10-19-30)40-36(32)28-14-5-1-6-15-28)42(34)22-13-23-43-35(47)27-49-39(43)33-25-45(31-20-11-4-12-21-31)41-37(33)29-16-7-2-8-17-29/h1-12,14-21,24-25,38-39H,13,22-23,26-27H2/t38-,39-/m0/s1. The smallest absolute Gasteiger partial charge is 0.233 e. The van der Waals surface area contributed by atoms with Crippen molar-refractivity contribution < 1.29 is 9.59 Å². The largest absolute Gasteiger partial charge is 0.326 e. The molecule has 0 aliphatic carbocycles. The minimum absolute atomic E-state index is 0.107. The van der Waals surface area contributed by atoms with E-state index in [4.69, 9.17) is 10.2 Å². The van der Waals surface area contributed by atoms with Crippen molar-refractivity contribution >= 4 is 35.3 Å². The van der Waals surface area contributed by atoms with Crippen LogP contribution in [0.15, 0.2) is 134 Å². The molecule has 0 radical (unpaired) electrons. The van der Waals surface area contributed by atoms with E-state index < -0.39 is 0 Å². The predicted molar refractivity (Wildman–Crippen MR) is 196 cm³/mol. The van der Waals surface area contributed by atoms with Crippen LogP contribution in [0.25, 0.3) is 33.9 Å². The molecule has 2 amide bonds. The highest BCUT2D eigenvalue weighted by Crippen LogP contribution is 2.45. The van der Waals surface area contributed by atoms with Crippen molar-refractivity contribution in [1.82, 2.24) is 29.4 Å². The summed E-state index contributed by atoms with van der Waals surface area (Å²) in [7, 11) is 0. The Balaban J connectivity index is 1.05. The van der Waals surface area contributed by atoms with E-state index in [1.807, 2.05) is 116 Å². The Labute approximate surface area is 293 Å². The van der Waals surface area contributed by atoms with Gasteiger partial charge < -0.3 is 9.80 Å². The van der Waals surface area contributed by atoms with Gasteiger partial charge in [0.25, 0.3) is 0 Å². The van der Waals surface area contributed by atoms with Crippen LogP contribution in [0.5, 0.6) is 0 Å². The van der Waals surface area contributed by atoms with Gasteiger partial charge in [-0.05, 0) is 30.7 Å². The number of hydrogen-bond donors (Lipinski definition) is 0. The third-order valence-corrected chi connectivity index (χ3v) is 11.4. The minimum atomic E-state index is -0.173. The number of para-hydroxylation sites is 2. The molecule has 2 aromatic heterocycles. The average Bonchev–Trinajstić information content (AvgIpc) is 3.96. The van der Waals surface area contributed by atoms with Gasteiger partial charge in [-0.15, -0.1) is 23.5 Å². The van der Waals surface area contributed by atoms with Crippen LogP contribution in [0.4, 0.5) is 0 Å². The topological polar surface area (TPSA) is 76.3 Å². The molecule has 0 bridgehead atoms. The molecule has 2 fully saturated rings. The summed E-state index contributed by atoms with van der Waals surface area (Å²) in [5, 5.41) is 9.68. The highest BCUT2D eigenvalue weighted by atomic mass is 32.2. The number of carbonyl (C=O) groups is 2. The zero-order valence-electron chi connectivity index (χ0n) is 26.7. The van der Waals surface area contributed by atoms with Crippen LogP contribution in [0, 0.1) is 0 Å². The lowest BCUT2D eigenvalue weighted by atomic mass is 10.1. The summed E-state index contributed by atoms with van der Waals surface area (Å²) in [6.07, 6.45) is 4.78. The molecule has 49 heavy (non-hydrogen) atoms. The summed E-state index contributed by atoms with van der Waals surface area (Å²) in [6, 6.07) is 40.4. The van der Waals surface area contributed by atoms with Crippen molar-refractivity contribution in [3.63, 3.8) is 0 Å². The molecule has 2 saturated heterocycles. The number of carbonyl (C=O) groups excluding carboxylic acids is 2. The number of nitrogens with zero attached hydrogens (tertiary/aromatic N) is 6. The van der Waals surface area contributed by atoms with E-state index in [0.29, 0.717) is 31.0 Å². The van der Waals surface area contributed by atoms with Gasteiger partial charge in [0.15, 0.2) is 0 Å². The zero-order chi connectivity index (χ0) is 33.2. The third kappa shape index (κ3) is 6.29. The highest BCUT2D eigenvalue weighted by molar-refractivity contribution is 8.00. The number of amides is 2. The van der Waals surface area contributed by atoms with Gasteiger partial charge >= 0.3 is 0 Å². The Kier molecular flexibility index (Phi) is 8.80.